The molecule has 5 nitrogen and oxygen atoms in total. The molecular weight excluding hydrogens is 314 g/mol. The van der Waals surface area contributed by atoms with Crippen LogP contribution >= 0.6 is 0 Å². The Morgan fingerprint density at radius 3 is 2.32 bits per heavy atom. The van der Waals surface area contributed by atoms with Crippen LogP contribution in [0, 0.1) is 0 Å². The van der Waals surface area contributed by atoms with Crippen LogP contribution in [0.4, 0.5) is 0 Å². The second kappa shape index (κ2) is 8.68. The smallest absolute Gasteiger partial charge is 0.234 e. The van der Waals surface area contributed by atoms with E-state index in [0.29, 0.717) is 13.2 Å². The van der Waals surface area contributed by atoms with Crippen molar-refractivity contribution in [2.45, 2.75) is 39.2 Å². The number of benzene rings is 1. The third-order valence-corrected chi connectivity index (χ3v) is 4.59. The van der Waals surface area contributed by atoms with Gasteiger partial charge in [-0.1, -0.05) is 32.9 Å². The lowest BCUT2D eigenvalue weighted by molar-refractivity contribution is -0.123. The average Bonchev–Trinajstić information content (AvgIpc) is 2.54. The first-order valence-electron chi connectivity index (χ1n) is 9.17. The molecule has 140 valence electrons. The molecule has 5 heteroatoms. The quantitative estimate of drug-likeness (QED) is 0.856. The number of carbonyl (C=O) groups excluding carboxylic acids is 1. The van der Waals surface area contributed by atoms with Crippen molar-refractivity contribution in [1.82, 2.24) is 15.1 Å². The number of ether oxygens (including phenoxy) is 1. The Hall–Kier alpha value is -1.59. The SMILES string of the molecule is CC(COc1ccc(C(C)(C)C)cc1)NC(=O)CN1CCN(C)CC1. The number of hydrogen-bond acceptors (Lipinski definition) is 4. The summed E-state index contributed by atoms with van der Waals surface area (Å²) in [4.78, 5) is 16.6. The van der Waals surface area contributed by atoms with Gasteiger partial charge in [0, 0.05) is 26.2 Å². The van der Waals surface area contributed by atoms with Gasteiger partial charge < -0.3 is 15.0 Å². The van der Waals surface area contributed by atoms with Crippen LogP contribution in [0.15, 0.2) is 24.3 Å². The van der Waals surface area contributed by atoms with Crippen LogP contribution in [0.1, 0.15) is 33.3 Å². The number of rotatable bonds is 6. The van der Waals surface area contributed by atoms with Crippen molar-refractivity contribution in [1.29, 1.82) is 0 Å². The standard InChI is InChI=1S/C20H33N3O2/c1-16(21-19(24)14-23-12-10-22(5)11-13-23)15-25-18-8-6-17(7-9-18)20(2,3)4/h6-9,16H,10-15H2,1-5H3,(H,21,24). The highest BCUT2D eigenvalue weighted by molar-refractivity contribution is 5.78. The Labute approximate surface area is 152 Å². The van der Waals surface area contributed by atoms with E-state index in [1.54, 1.807) is 0 Å². The fourth-order valence-corrected chi connectivity index (χ4v) is 2.84. The maximum absolute atomic E-state index is 12.1. The predicted octanol–water partition coefficient (Wildman–Crippen LogP) is 2.12. The Morgan fingerprint density at radius 2 is 1.76 bits per heavy atom. The number of piperazine rings is 1. The van der Waals surface area contributed by atoms with E-state index >= 15 is 0 Å². The number of hydrogen-bond donors (Lipinski definition) is 1. The summed E-state index contributed by atoms with van der Waals surface area (Å²) in [5.41, 5.74) is 1.43. The Morgan fingerprint density at radius 1 is 1.16 bits per heavy atom. The van der Waals surface area contributed by atoms with Crippen molar-refractivity contribution in [2.24, 2.45) is 0 Å². The van der Waals surface area contributed by atoms with E-state index in [1.165, 1.54) is 5.56 Å². The first-order chi connectivity index (χ1) is 11.7. The minimum Gasteiger partial charge on any atom is -0.491 e. The number of nitrogens with zero attached hydrogens (tertiary/aromatic N) is 2. The average molecular weight is 348 g/mol. The second-order valence-corrected chi connectivity index (χ2v) is 8.13. The molecule has 1 saturated heterocycles. The topological polar surface area (TPSA) is 44.8 Å². The van der Waals surface area contributed by atoms with Crippen LogP contribution in [0.25, 0.3) is 0 Å². The lowest BCUT2D eigenvalue weighted by Gasteiger charge is -2.32. The molecule has 1 heterocycles. The van der Waals surface area contributed by atoms with Crippen LogP contribution in [0.3, 0.4) is 0 Å². The fourth-order valence-electron chi connectivity index (χ4n) is 2.84. The van der Waals surface area contributed by atoms with E-state index in [-0.39, 0.29) is 17.4 Å². The summed E-state index contributed by atoms with van der Waals surface area (Å²) in [6.45, 7) is 13.5. The van der Waals surface area contributed by atoms with Gasteiger partial charge in [-0.15, -0.1) is 0 Å². The van der Waals surface area contributed by atoms with Crippen molar-refractivity contribution >= 4 is 5.91 Å². The van der Waals surface area contributed by atoms with Crippen molar-refractivity contribution in [3.63, 3.8) is 0 Å². The van der Waals surface area contributed by atoms with Gasteiger partial charge in [0.25, 0.3) is 0 Å². The lowest BCUT2D eigenvalue weighted by atomic mass is 9.87. The van der Waals surface area contributed by atoms with Gasteiger partial charge in [-0.05, 0) is 37.1 Å². The van der Waals surface area contributed by atoms with E-state index in [4.69, 9.17) is 4.74 Å². The zero-order chi connectivity index (χ0) is 18.4. The summed E-state index contributed by atoms with van der Waals surface area (Å²) in [6.07, 6.45) is 0. The molecule has 1 N–H and O–H groups in total. The minimum absolute atomic E-state index is 0.0118. The van der Waals surface area contributed by atoms with E-state index in [1.807, 2.05) is 19.1 Å². The summed E-state index contributed by atoms with van der Waals surface area (Å²) in [7, 11) is 2.12. The summed E-state index contributed by atoms with van der Waals surface area (Å²) < 4.78 is 5.81. The molecule has 1 aromatic carbocycles. The highest BCUT2D eigenvalue weighted by atomic mass is 16.5. The molecule has 1 aliphatic rings. The zero-order valence-electron chi connectivity index (χ0n) is 16.3. The second-order valence-electron chi connectivity index (χ2n) is 8.13. The molecule has 1 amide bonds. The maximum Gasteiger partial charge on any atom is 0.234 e. The monoisotopic (exact) mass is 347 g/mol. The van der Waals surface area contributed by atoms with Crippen LogP contribution in [-0.4, -0.2) is 68.1 Å². The van der Waals surface area contributed by atoms with Crippen molar-refractivity contribution in [2.75, 3.05) is 46.4 Å². The van der Waals surface area contributed by atoms with Gasteiger partial charge in [0.1, 0.15) is 12.4 Å². The molecule has 0 radical (unpaired) electrons. The molecule has 1 aromatic rings. The highest BCUT2D eigenvalue weighted by Gasteiger charge is 2.18. The molecule has 1 fully saturated rings. The maximum atomic E-state index is 12.1. The van der Waals surface area contributed by atoms with E-state index in [0.717, 1.165) is 31.9 Å². The van der Waals surface area contributed by atoms with Gasteiger partial charge in [-0.25, -0.2) is 0 Å². The Kier molecular flexibility index (Phi) is 6.85. The predicted molar refractivity (Wildman–Crippen MR) is 102 cm³/mol. The molecule has 2 rings (SSSR count). The summed E-state index contributed by atoms with van der Waals surface area (Å²) in [6, 6.07) is 8.19. The molecule has 0 aliphatic carbocycles. The van der Waals surface area contributed by atoms with Gasteiger partial charge in [0.05, 0.1) is 12.6 Å². The van der Waals surface area contributed by atoms with Crippen molar-refractivity contribution in [3.05, 3.63) is 29.8 Å². The van der Waals surface area contributed by atoms with E-state index < -0.39 is 0 Å². The molecule has 0 saturated carbocycles. The number of carbonyl (C=O) groups is 1. The number of amides is 1. The summed E-state index contributed by atoms with van der Waals surface area (Å²) >= 11 is 0. The Balaban J connectivity index is 1.71. The number of nitrogens with one attached hydrogen (secondary N) is 1. The molecule has 1 unspecified atom stereocenters. The number of likely N-dealkylation sites (N-methyl/N-ethyl adjacent to an activating group) is 1. The largest absolute Gasteiger partial charge is 0.491 e. The van der Waals surface area contributed by atoms with Crippen molar-refractivity contribution < 1.29 is 9.53 Å². The van der Waals surface area contributed by atoms with Crippen LogP contribution in [0.2, 0.25) is 0 Å². The van der Waals surface area contributed by atoms with Gasteiger partial charge >= 0.3 is 0 Å². The van der Waals surface area contributed by atoms with Gasteiger partial charge in [0.2, 0.25) is 5.91 Å². The van der Waals surface area contributed by atoms with Gasteiger partial charge in [-0.2, -0.15) is 0 Å². The van der Waals surface area contributed by atoms with Gasteiger partial charge in [-0.3, -0.25) is 9.69 Å². The van der Waals surface area contributed by atoms with E-state index in [9.17, 15) is 4.79 Å². The molecule has 0 bridgehead atoms. The third kappa shape index (κ3) is 6.67. The first kappa shape index (κ1) is 19.7. The van der Waals surface area contributed by atoms with Crippen LogP contribution < -0.4 is 10.1 Å². The summed E-state index contributed by atoms with van der Waals surface area (Å²) in [5.74, 6) is 0.914. The van der Waals surface area contributed by atoms with Crippen LogP contribution in [0.5, 0.6) is 5.75 Å². The normalized spacial score (nSPS) is 18.0. The molecule has 0 spiro atoms. The molecule has 1 atom stereocenters. The third-order valence-electron chi connectivity index (χ3n) is 4.59. The lowest BCUT2D eigenvalue weighted by Crippen LogP contribution is -2.49. The zero-order valence-corrected chi connectivity index (χ0v) is 16.3. The minimum atomic E-state index is -0.0118. The highest BCUT2D eigenvalue weighted by Crippen LogP contribution is 2.24. The molecule has 1 aliphatic heterocycles. The van der Waals surface area contributed by atoms with Crippen LogP contribution in [-0.2, 0) is 10.2 Å². The Bertz CT molecular complexity index is 543. The van der Waals surface area contributed by atoms with Crippen molar-refractivity contribution in [3.8, 4) is 5.75 Å². The molecule has 25 heavy (non-hydrogen) atoms. The first-order valence-corrected chi connectivity index (χ1v) is 9.17. The molecular formula is C20H33N3O2. The van der Waals surface area contributed by atoms with E-state index in [2.05, 4.69) is 55.1 Å². The molecule has 0 aromatic heterocycles. The fraction of sp³-hybridized carbons (Fsp3) is 0.650. The summed E-state index contributed by atoms with van der Waals surface area (Å²) in [5, 5.41) is 3.03. The van der Waals surface area contributed by atoms with Gasteiger partial charge in [0.15, 0.2) is 0 Å².